The Bertz CT molecular complexity index is 697. The number of H-pyrrole nitrogens is 1. The van der Waals surface area contributed by atoms with Crippen molar-refractivity contribution in [3.05, 3.63) is 48.4 Å². The first kappa shape index (κ1) is 10.6. The van der Waals surface area contributed by atoms with Crippen LogP contribution in [0.4, 0.5) is 5.69 Å². The maximum absolute atomic E-state index is 12.2. The molecular formula is C13H12N4O. The molecular weight excluding hydrogens is 228 g/mol. The number of nitrogens with one attached hydrogen (secondary N) is 1. The van der Waals surface area contributed by atoms with Crippen LogP contribution in [-0.4, -0.2) is 20.7 Å². The Balaban J connectivity index is 1.97. The van der Waals surface area contributed by atoms with E-state index in [-0.39, 0.29) is 5.91 Å². The highest BCUT2D eigenvalue weighted by atomic mass is 16.2. The van der Waals surface area contributed by atoms with Gasteiger partial charge in [0.15, 0.2) is 0 Å². The molecule has 18 heavy (non-hydrogen) atoms. The van der Waals surface area contributed by atoms with Gasteiger partial charge in [0.2, 0.25) is 5.91 Å². The molecule has 0 bridgehead atoms. The maximum atomic E-state index is 12.2. The Morgan fingerprint density at radius 1 is 1.33 bits per heavy atom. The lowest BCUT2D eigenvalue weighted by molar-refractivity contribution is 0.0918. The number of carbonyl (C=O) groups is 1. The van der Waals surface area contributed by atoms with Gasteiger partial charge in [-0.3, -0.25) is 14.5 Å². The summed E-state index contributed by atoms with van der Waals surface area (Å²) in [4.78, 5) is 12.2. The van der Waals surface area contributed by atoms with Crippen molar-refractivity contribution in [2.45, 2.75) is 6.42 Å². The summed E-state index contributed by atoms with van der Waals surface area (Å²) in [6.45, 7) is 0. The highest BCUT2D eigenvalue weighted by Gasteiger charge is 2.10. The number of benzene rings is 1. The number of fused-ring (bicyclic) bond motifs is 1. The minimum absolute atomic E-state index is 0.000906. The first-order chi connectivity index (χ1) is 8.74. The molecule has 0 fully saturated rings. The molecule has 0 saturated carbocycles. The van der Waals surface area contributed by atoms with Crippen molar-refractivity contribution in [2.75, 3.05) is 5.73 Å². The second kappa shape index (κ2) is 4.03. The number of nitrogens with two attached hydrogens (primary N) is 1. The van der Waals surface area contributed by atoms with Crippen molar-refractivity contribution in [1.29, 1.82) is 0 Å². The topological polar surface area (TPSA) is 76.7 Å². The lowest BCUT2D eigenvalue weighted by Crippen LogP contribution is -2.12. The van der Waals surface area contributed by atoms with Crippen LogP contribution >= 0.6 is 0 Å². The predicted molar refractivity (Wildman–Crippen MR) is 69.3 cm³/mol. The Morgan fingerprint density at radius 2 is 2.22 bits per heavy atom. The monoisotopic (exact) mass is 240 g/mol. The summed E-state index contributed by atoms with van der Waals surface area (Å²) in [5.74, 6) is -0.000906. The van der Waals surface area contributed by atoms with E-state index in [1.54, 1.807) is 29.1 Å². The van der Waals surface area contributed by atoms with Crippen LogP contribution in [0.15, 0.2) is 42.7 Å². The molecule has 2 aromatic heterocycles. The van der Waals surface area contributed by atoms with E-state index in [2.05, 4.69) is 10.2 Å². The zero-order chi connectivity index (χ0) is 12.5. The van der Waals surface area contributed by atoms with Gasteiger partial charge < -0.3 is 5.73 Å². The van der Waals surface area contributed by atoms with Gasteiger partial charge in [0.1, 0.15) is 0 Å². The van der Waals surface area contributed by atoms with E-state index in [4.69, 9.17) is 5.73 Å². The number of hydrogen-bond donors (Lipinski definition) is 2. The molecule has 0 aliphatic heterocycles. The van der Waals surface area contributed by atoms with Gasteiger partial charge in [0.25, 0.3) is 0 Å². The summed E-state index contributed by atoms with van der Waals surface area (Å²) >= 11 is 0. The number of carbonyl (C=O) groups excluding carboxylic acids is 1. The summed E-state index contributed by atoms with van der Waals surface area (Å²) in [5, 5.41) is 7.58. The van der Waals surface area contributed by atoms with E-state index in [0.717, 1.165) is 16.6 Å². The number of hydrogen-bond acceptors (Lipinski definition) is 3. The quantitative estimate of drug-likeness (QED) is 0.671. The van der Waals surface area contributed by atoms with Crippen molar-refractivity contribution in [3.8, 4) is 0 Å². The van der Waals surface area contributed by atoms with E-state index < -0.39 is 0 Å². The number of aromatic nitrogens is 3. The summed E-state index contributed by atoms with van der Waals surface area (Å²) < 4.78 is 1.63. The molecule has 5 nitrogen and oxygen atoms in total. The molecule has 0 aliphatic rings. The SMILES string of the molecule is Nc1ccc2c(ccn2C(=O)Cc2ccn[nH]2)c1. The highest BCUT2D eigenvalue weighted by molar-refractivity contribution is 5.94. The van der Waals surface area contributed by atoms with E-state index >= 15 is 0 Å². The van der Waals surface area contributed by atoms with E-state index in [9.17, 15) is 4.79 Å². The average molecular weight is 240 g/mol. The molecule has 3 rings (SSSR count). The zero-order valence-electron chi connectivity index (χ0n) is 9.63. The van der Waals surface area contributed by atoms with Gasteiger partial charge >= 0.3 is 0 Å². The van der Waals surface area contributed by atoms with Crippen LogP contribution in [0.1, 0.15) is 10.5 Å². The van der Waals surface area contributed by atoms with Crippen LogP contribution < -0.4 is 5.73 Å². The van der Waals surface area contributed by atoms with E-state index in [1.807, 2.05) is 18.2 Å². The molecule has 3 aromatic rings. The molecule has 2 heterocycles. The lowest BCUT2D eigenvalue weighted by Gasteiger charge is -2.03. The number of aromatic amines is 1. The molecule has 0 spiro atoms. The van der Waals surface area contributed by atoms with Crippen LogP contribution in [0.25, 0.3) is 10.9 Å². The lowest BCUT2D eigenvalue weighted by atomic mass is 10.2. The predicted octanol–water partition coefficient (Wildman–Crippen LogP) is 1.83. The largest absolute Gasteiger partial charge is 0.399 e. The van der Waals surface area contributed by atoms with Gasteiger partial charge in [-0.2, -0.15) is 5.10 Å². The summed E-state index contributed by atoms with van der Waals surface area (Å²) in [6, 6.07) is 9.19. The van der Waals surface area contributed by atoms with Crippen LogP contribution in [-0.2, 0) is 6.42 Å². The molecule has 0 radical (unpaired) electrons. The third-order valence-electron chi connectivity index (χ3n) is 2.88. The molecule has 3 N–H and O–H groups in total. The number of anilines is 1. The van der Waals surface area contributed by atoms with Crippen LogP contribution in [0, 0.1) is 0 Å². The minimum atomic E-state index is -0.000906. The molecule has 0 aliphatic carbocycles. The zero-order valence-corrected chi connectivity index (χ0v) is 9.63. The Hall–Kier alpha value is -2.56. The van der Waals surface area contributed by atoms with Crippen molar-refractivity contribution < 1.29 is 4.79 Å². The molecule has 90 valence electrons. The second-order valence-corrected chi connectivity index (χ2v) is 4.16. The van der Waals surface area contributed by atoms with Gasteiger partial charge in [-0.1, -0.05) is 0 Å². The van der Waals surface area contributed by atoms with Crippen molar-refractivity contribution in [1.82, 2.24) is 14.8 Å². The van der Waals surface area contributed by atoms with Crippen LogP contribution in [0.5, 0.6) is 0 Å². The number of nitrogen functional groups attached to an aromatic ring is 1. The number of nitrogens with zero attached hydrogens (tertiary/aromatic N) is 2. The summed E-state index contributed by atoms with van der Waals surface area (Å²) in [7, 11) is 0. The fourth-order valence-corrected chi connectivity index (χ4v) is 2.01. The van der Waals surface area contributed by atoms with Gasteiger partial charge in [-0.15, -0.1) is 0 Å². The fraction of sp³-hybridized carbons (Fsp3) is 0.0769. The van der Waals surface area contributed by atoms with Crippen molar-refractivity contribution >= 4 is 22.5 Å². The summed E-state index contributed by atoms with van der Waals surface area (Å²) in [5.41, 5.74) is 8.08. The van der Waals surface area contributed by atoms with Crippen LogP contribution in [0.3, 0.4) is 0 Å². The minimum Gasteiger partial charge on any atom is -0.399 e. The van der Waals surface area contributed by atoms with Gasteiger partial charge in [0, 0.05) is 29.2 Å². The molecule has 0 saturated heterocycles. The Labute approximate surface area is 103 Å². The molecule has 0 atom stereocenters. The van der Waals surface area contributed by atoms with Gasteiger partial charge in [-0.25, -0.2) is 0 Å². The highest BCUT2D eigenvalue weighted by Crippen LogP contribution is 2.19. The number of rotatable bonds is 2. The molecule has 5 heteroatoms. The van der Waals surface area contributed by atoms with Gasteiger partial charge in [0.05, 0.1) is 11.9 Å². The van der Waals surface area contributed by atoms with Crippen molar-refractivity contribution in [2.24, 2.45) is 0 Å². The fourth-order valence-electron chi connectivity index (χ4n) is 2.01. The standard InChI is InChI=1S/C13H12N4O/c14-10-1-2-12-9(7-10)4-6-17(12)13(18)8-11-3-5-15-16-11/h1-7H,8,14H2,(H,15,16). The first-order valence-corrected chi connectivity index (χ1v) is 5.62. The third-order valence-corrected chi connectivity index (χ3v) is 2.88. The maximum Gasteiger partial charge on any atom is 0.237 e. The molecule has 1 aromatic carbocycles. The Morgan fingerprint density at radius 3 is 3.00 bits per heavy atom. The average Bonchev–Trinajstić information content (AvgIpc) is 2.97. The van der Waals surface area contributed by atoms with E-state index in [1.165, 1.54) is 0 Å². The normalized spacial score (nSPS) is 10.9. The first-order valence-electron chi connectivity index (χ1n) is 5.62. The third kappa shape index (κ3) is 1.75. The summed E-state index contributed by atoms with van der Waals surface area (Å²) in [6.07, 6.45) is 3.70. The van der Waals surface area contributed by atoms with Crippen LogP contribution in [0.2, 0.25) is 0 Å². The molecule has 0 amide bonds. The second-order valence-electron chi connectivity index (χ2n) is 4.16. The molecule has 0 unspecified atom stereocenters. The van der Waals surface area contributed by atoms with Crippen molar-refractivity contribution in [3.63, 3.8) is 0 Å². The smallest absolute Gasteiger partial charge is 0.237 e. The Kier molecular flexibility index (Phi) is 2.37. The van der Waals surface area contributed by atoms with E-state index in [0.29, 0.717) is 12.1 Å². The van der Waals surface area contributed by atoms with Gasteiger partial charge in [-0.05, 0) is 30.3 Å².